The second-order valence-electron chi connectivity index (χ2n) is 1.71. The summed E-state index contributed by atoms with van der Waals surface area (Å²) in [7, 11) is 1.45. The van der Waals surface area contributed by atoms with Crippen LogP contribution in [0.5, 0.6) is 6.01 Å². The Kier molecular flexibility index (Phi) is 2.45. The van der Waals surface area contributed by atoms with Crippen LogP contribution in [0.1, 0.15) is 0 Å². The number of anilines is 1. The van der Waals surface area contributed by atoms with Gasteiger partial charge in [-0.05, 0) is 0 Å². The molecule has 6 heteroatoms. The van der Waals surface area contributed by atoms with E-state index in [1.807, 2.05) is 0 Å². The van der Waals surface area contributed by atoms with Gasteiger partial charge in [0.1, 0.15) is 11.0 Å². The van der Waals surface area contributed by atoms with Crippen LogP contribution < -0.4 is 16.0 Å². The molecule has 0 saturated heterocycles. The number of hydrogen-bond donors (Lipinski definition) is 2. The first kappa shape index (κ1) is 8.03. The van der Waals surface area contributed by atoms with Gasteiger partial charge in [0.15, 0.2) is 0 Å². The van der Waals surface area contributed by atoms with Crippen LogP contribution in [-0.2, 0) is 0 Å². The van der Waals surface area contributed by atoms with Crippen LogP contribution in [-0.4, -0.2) is 17.1 Å². The van der Waals surface area contributed by atoms with Crippen molar-refractivity contribution in [3.8, 4) is 6.01 Å². The van der Waals surface area contributed by atoms with E-state index in [-0.39, 0.29) is 11.2 Å². The average molecular weight is 175 g/mol. The first-order valence-electron chi connectivity index (χ1n) is 2.81. The smallest absolute Gasteiger partial charge is 0.319 e. The van der Waals surface area contributed by atoms with Crippen LogP contribution in [0.4, 0.5) is 5.82 Å². The summed E-state index contributed by atoms with van der Waals surface area (Å²) >= 11 is 5.58. The molecule has 0 atom stereocenters. The summed E-state index contributed by atoms with van der Waals surface area (Å²) in [5.41, 5.74) is 2.33. The van der Waals surface area contributed by atoms with Crippen molar-refractivity contribution in [3.63, 3.8) is 0 Å². The van der Waals surface area contributed by atoms with Crippen molar-refractivity contribution < 1.29 is 4.74 Å². The molecule has 0 unspecified atom stereocenters. The zero-order valence-electron chi connectivity index (χ0n) is 5.84. The zero-order chi connectivity index (χ0) is 8.27. The lowest BCUT2D eigenvalue weighted by Gasteiger charge is -2.01. The molecule has 5 nitrogen and oxygen atoms in total. The maximum atomic E-state index is 5.58. The van der Waals surface area contributed by atoms with E-state index in [1.165, 1.54) is 13.2 Å². The normalized spacial score (nSPS) is 9.36. The molecule has 1 heterocycles. The molecule has 11 heavy (non-hydrogen) atoms. The van der Waals surface area contributed by atoms with Crippen LogP contribution in [0.15, 0.2) is 6.07 Å². The molecule has 0 spiro atoms. The Labute approximate surface area is 68.5 Å². The Morgan fingerprint density at radius 1 is 1.64 bits per heavy atom. The molecule has 0 radical (unpaired) electrons. The predicted molar refractivity (Wildman–Crippen MR) is 41.4 cm³/mol. The summed E-state index contributed by atoms with van der Waals surface area (Å²) in [6, 6.07) is 1.68. The summed E-state index contributed by atoms with van der Waals surface area (Å²) in [5.74, 6) is 5.51. The van der Waals surface area contributed by atoms with Gasteiger partial charge >= 0.3 is 6.01 Å². The second kappa shape index (κ2) is 3.36. The lowest BCUT2D eigenvalue weighted by Crippen LogP contribution is -2.09. The van der Waals surface area contributed by atoms with E-state index in [2.05, 4.69) is 15.4 Å². The summed E-state index contributed by atoms with van der Waals surface area (Å²) < 4.78 is 4.74. The highest BCUT2D eigenvalue weighted by Gasteiger charge is 2.00. The monoisotopic (exact) mass is 174 g/mol. The van der Waals surface area contributed by atoms with Gasteiger partial charge in [0, 0.05) is 6.07 Å². The van der Waals surface area contributed by atoms with E-state index in [9.17, 15) is 0 Å². The number of aromatic nitrogens is 2. The summed E-state index contributed by atoms with van der Waals surface area (Å²) in [6.45, 7) is 0. The molecule has 1 aromatic rings. The number of nitrogens with two attached hydrogens (primary N) is 1. The molecule has 0 bridgehead atoms. The molecule has 0 amide bonds. The van der Waals surface area contributed by atoms with E-state index in [0.29, 0.717) is 5.82 Å². The fraction of sp³-hybridized carbons (Fsp3) is 0.200. The highest BCUT2D eigenvalue weighted by atomic mass is 35.5. The Morgan fingerprint density at radius 2 is 2.36 bits per heavy atom. The number of ether oxygens (including phenoxy) is 1. The molecule has 0 saturated carbocycles. The van der Waals surface area contributed by atoms with Gasteiger partial charge in [-0.3, -0.25) is 0 Å². The first-order chi connectivity index (χ1) is 5.26. The molecule has 1 rings (SSSR count). The third kappa shape index (κ3) is 1.92. The maximum absolute atomic E-state index is 5.58. The van der Waals surface area contributed by atoms with Crippen LogP contribution in [0, 0.1) is 0 Å². The number of rotatable bonds is 2. The molecular formula is C5H7ClN4O. The number of hydrazine groups is 1. The molecule has 1 aromatic heterocycles. The SMILES string of the molecule is COc1nc(Cl)cc(NN)n1. The highest BCUT2D eigenvalue weighted by Crippen LogP contribution is 2.13. The van der Waals surface area contributed by atoms with Crippen molar-refractivity contribution in [2.75, 3.05) is 12.5 Å². The van der Waals surface area contributed by atoms with Gasteiger partial charge in [0.25, 0.3) is 0 Å². The minimum absolute atomic E-state index is 0.186. The molecule has 0 aromatic carbocycles. The lowest BCUT2D eigenvalue weighted by molar-refractivity contribution is 0.380. The van der Waals surface area contributed by atoms with E-state index < -0.39 is 0 Å². The molecule has 0 aliphatic rings. The quantitative estimate of drug-likeness (QED) is 0.386. The number of halogens is 1. The predicted octanol–water partition coefficient (Wildman–Crippen LogP) is 0.424. The fourth-order valence-corrected chi connectivity index (χ4v) is 0.738. The van der Waals surface area contributed by atoms with Gasteiger partial charge in [0.2, 0.25) is 0 Å². The molecule has 0 aliphatic carbocycles. The standard InChI is InChI=1S/C5H7ClN4O/c1-11-5-8-3(6)2-4(9-5)10-7/h2H,7H2,1H3,(H,8,9,10). The van der Waals surface area contributed by atoms with Gasteiger partial charge in [-0.2, -0.15) is 9.97 Å². The van der Waals surface area contributed by atoms with Gasteiger partial charge in [-0.15, -0.1) is 0 Å². The molecular weight excluding hydrogens is 168 g/mol. The third-order valence-electron chi connectivity index (χ3n) is 1.00. The van der Waals surface area contributed by atoms with Crippen LogP contribution >= 0.6 is 11.6 Å². The van der Waals surface area contributed by atoms with E-state index in [1.54, 1.807) is 0 Å². The van der Waals surface area contributed by atoms with Gasteiger partial charge in [-0.25, -0.2) is 5.84 Å². The van der Waals surface area contributed by atoms with E-state index in [4.69, 9.17) is 22.2 Å². The Morgan fingerprint density at radius 3 is 2.91 bits per heavy atom. The van der Waals surface area contributed by atoms with E-state index in [0.717, 1.165) is 0 Å². The number of nitrogen functional groups attached to an aromatic ring is 1. The van der Waals surface area contributed by atoms with Crippen molar-refractivity contribution in [1.82, 2.24) is 9.97 Å². The van der Waals surface area contributed by atoms with Crippen LogP contribution in [0.2, 0.25) is 5.15 Å². The van der Waals surface area contributed by atoms with Gasteiger partial charge in [-0.1, -0.05) is 11.6 Å². The van der Waals surface area contributed by atoms with Crippen LogP contribution in [0.25, 0.3) is 0 Å². The third-order valence-corrected chi connectivity index (χ3v) is 1.20. The average Bonchev–Trinajstić information content (AvgIpc) is 2.03. The Hall–Kier alpha value is -1.07. The van der Waals surface area contributed by atoms with Crippen molar-refractivity contribution in [2.45, 2.75) is 0 Å². The molecule has 60 valence electrons. The summed E-state index contributed by atoms with van der Waals surface area (Å²) in [6.07, 6.45) is 0. The van der Waals surface area contributed by atoms with E-state index >= 15 is 0 Å². The first-order valence-corrected chi connectivity index (χ1v) is 3.19. The largest absolute Gasteiger partial charge is 0.467 e. The number of methoxy groups -OCH3 is 1. The van der Waals surface area contributed by atoms with Gasteiger partial charge in [0.05, 0.1) is 7.11 Å². The lowest BCUT2D eigenvalue weighted by atomic mass is 10.6. The van der Waals surface area contributed by atoms with Crippen molar-refractivity contribution in [1.29, 1.82) is 0 Å². The number of nitrogens with one attached hydrogen (secondary N) is 1. The Balaban J connectivity index is 3.02. The maximum Gasteiger partial charge on any atom is 0.319 e. The highest BCUT2D eigenvalue weighted by molar-refractivity contribution is 6.29. The Bertz CT molecular complexity index is 232. The van der Waals surface area contributed by atoms with Crippen molar-refractivity contribution >= 4 is 17.4 Å². The molecule has 0 aliphatic heterocycles. The second-order valence-corrected chi connectivity index (χ2v) is 2.09. The molecule has 3 N–H and O–H groups in total. The van der Waals surface area contributed by atoms with Crippen molar-refractivity contribution in [2.24, 2.45) is 5.84 Å². The summed E-state index contributed by atoms with van der Waals surface area (Å²) in [4.78, 5) is 7.55. The fourth-order valence-electron chi connectivity index (χ4n) is 0.562. The topological polar surface area (TPSA) is 73.1 Å². The number of nitrogens with zero attached hydrogens (tertiary/aromatic N) is 2. The molecule has 0 fully saturated rings. The zero-order valence-corrected chi connectivity index (χ0v) is 6.59. The minimum atomic E-state index is 0.186. The minimum Gasteiger partial charge on any atom is -0.467 e. The van der Waals surface area contributed by atoms with Crippen LogP contribution in [0.3, 0.4) is 0 Å². The van der Waals surface area contributed by atoms with Crippen molar-refractivity contribution in [3.05, 3.63) is 11.2 Å². The summed E-state index contributed by atoms with van der Waals surface area (Å²) in [5, 5.41) is 0.282. The van der Waals surface area contributed by atoms with Gasteiger partial charge < -0.3 is 10.2 Å². The number of hydrogen-bond acceptors (Lipinski definition) is 5.